The molecular weight excluding hydrogens is 438 g/mol. The number of anilines is 2. The highest BCUT2D eigenvalue weighted by Gasteiger charge is 2.23. The molecule has 2 N–H and O–H groups in total. The Morgan fingerprint density at radius 3 is 1.76 bits per heavy atom. The topological polar surface area (TPSA) is 95.6 Å². The number of carbonyl (C=O) groups excluding carboxylic acids is 2. The molecule has 0 radical (unpaired) electrons. The van der Waals surface area contributed by atoms with Crippen LogP contribution in [-0.2, 0) is 14.8 Å². The summed E-state index contributed by atoms with van der Waals surface area (Å²) in [5, 5.41) is 5.65. The number of rotatable bonds is 12. The van der Waals surface area contributed by atoms with E-state index in [1.807, 2.05) is 27.7 Å². The zero-order valence-corrected chi connectivity index (χ0v) is 20.7. The van der Waals surface area contributed by atoms with E-state index < -0.39 is 10.0 Å². The average molecular weight is 474 g/mol. The number of carbonyl (C=O) groups is 2. The molecule has 7 nitrogen and oxygen atoms in total. The number of hydrogen-bond acceptors (Lipinski definition) is 4. The molecule has 0 heterocycles. The maximum atomic E-state index is 12.9. The molecule has 0 spiro atoms. The fourth-order valence-electron chi connectivity index (χ4n) is 3.52. The molecule has 0 aliphatic carbocycles. The number of hydrogen-bond donors (Lipinski definition) is 2. The van der Waals surface area contributed by atoms with Crippen molar-refractivity contribution in [2.45, 2.75) is 58.3 Å². The zero-order valence-electron chi connectivity index (χ0n) is 19.9. The van der Waals surface area contributed by atoms with Gasteiger partial charge in [0.05, 0.1) is 4.90 Å². The lowest BCUT2D eigenvalue weighted by molar-refractivity contribution is -0.120. The summed E-state index contributed by atoms with van der Waals surface area (Å²) in [6, 6.07) is 12.9. The van der Waals surface area contributed by atoms with Gasteiger partial charge >= 0.3 is 0 Å². The highest BCUT2D eigenvalue weighted by molar-refractivity contribution is 7.89. The van der Waals surface area contributed by atoms with Gasteiger partial charge in [0.1, 0.15) is 0 Å². The van der Waals surface area contributed by atoms with Crippen LogP contribution >= 0.6 is 0 Å². The minimum Gasteiger partial charge on any atom is -0.326 e. The first-order valence-corrected chi connectivity index (χ1v) is 13.0. The number of sulfonamides is 1. The fraction of sp³-hybridized carbons (Fsp3) is 0.440. The summed E-state index contributed by atoms with van der Waals surface area (Å²) in [6.07, 6.45) is 3.04. The molecule has 0 aliphatic rings. The summed E-state index contributed by atoms with van der Waals surface area (Å²) in [5.41, 5.74) is 1.58. The molecule has 0 saturated heterocycles. The predicted molar refractivity (Wildman–Crippen MR) is 133 cm³/mol. The summed E-state index contributed by atoms with van der Waals surface area (Å²) in [6.45, 7) is 8.81. The molecule has 2 aromatic carbocycles. The van der Waals surface area contributed by atoms with Crippen LogP contribution in [-0.4, -0.2) is 37.6 Å². The molecule has 2 amide bonds. The third-order valence-corrected chi connectivity index (χ3v) is 7.38. The Bertz CT molecular complexity index is 1010. The monoisotopic (exact) mass is 473 g/mol. The van der Waals surface area contributed by atoms with Gasteiger partial charge in [-0.15, -0.1) is 0 Å². The van der Waals surface area contributed by atoms with E-state index in [4.69, 9.17) is 0 Å². The smallest absolute Gasteiger partial charge is 0.255 e. The Balaban J connectivity index is 2.05. The van der Waals surface area contributed by atoms with Crippen LogP contribution in [0.5, 0.6) is 0 Å². The van der Waals surface area contributed by atoms with Crippen LogP contribution in [0.1, 0.15) is 63.7 Å². The van der Waals surface area contributed by atoms with Gasteiger partial charge < -0.3 is 10.6 Å². The first kappa shape index (κ1) is 26.5. The summed E-state index contributed by atoms with van der Waals surface area (Å²) in [4.78, 5) is 25.0. The zero-order chi connectivity index (χ0) is 24.4. The minimum absolute atomic E-state index is 0.0244. The molecule has 2 aromatic rings. The first-order valence-electron chi connectivity index (χ1n) is 11.6. The van der Waals surface area contributed by atoms with Crippen LogP contribution in [0.25, 0.3) is 0 Å². The second-order valence-electron chi connectivity index (χ2n) is 7.96. The van der Waals surface area contributed by atoms with Gasteiger partial charge in [0, 0.05) is 35.9 Å². The van der Waals surface area contributed by atoms with Gasteiger partial charge in [0.25, 0.3) is 5.91 Å². The van der Waals surface area contributed by atoms with Crippen LogP contribution in [0.3, 0.4) is 0 Å². The highest BCUT2D eigenvalue weighted by Crippen LogP contribution is 2.20. The Hall–Kier alpha value is -2.71. The van der Waals surface area contributed by atoms with Gasteiger partial charge in [-0.2, -0.15) is 4.31 Å². The largest absolute Gasteiger partial charge is 0.326 e. The lowest BCUT2D eigenvalue weighted by atomic mass is 10.0. The van der Waals surface area contributed by atoms with Gasteiger partial charge in [-0.05, 0) is 74.2 Å². The number of nitrogens with one attached hydrogen (secondary N) is 2. The molecule has 0 fully saturated rings. The molecule has 0 unspecified atom stereocenters. The van der Waals surface area contributed by atoms with Gasteiger partial charge in [-0.1, -0.05) is 27.7 Å². The van der Waals surface area contributed by atoms with E-state index in [9.17, 15) is 18.0 Å². The second kappa shape index (κ2) is 12.5. The van der Waals surface area contributed by atoms with Crippen LogP contribution < -0.4 is 10.6 Å². The van der Waals surface area contributed by atoms with Crippen molar-refractivity contribution in [2.75, 3.05) is 23.7 Å². The standard InChI is InChI=1S/C25H35N3O4S/c1-5-17-28(18-6-2)33(31,32)23-15-13-22(14-16-23)27-25(30)20-9-11-21(12-10-20)26-24(29)19(7-3)8-4/h9-16,19H,5-8,17-18H2,1-4H3,(H,26,29)(H,27,30). The lowest BCUT2D eigenvalue weighted by Crippen LogP contribution is -2.32. The highest BCUT2D eigenvalue weighted by atomic mass is 32.2. The van der Waals surface area contributed by atoms with Crippen molar-refractivity contribution < 1.29 is 18.0 Å². The van der Waals surface area contributed by atoms with E-state index in [0.29, 0.717) is 30.0 Å². The molecule has 0 aromatic heterocycles. The van der Waals surface area contributed by atoms with Crippen molar-refractivity contribution in [3.8, 4) is 0 Å². The Kier molecular flexibility index (Phi) is 10.1. The van der Waals surface area contributed by atoms with E-state index in [-0.39, 0.29) is 22.6 Å². The molecule has 33 heavy (non-hydrogen) atoms. The lowest BCUT2D eigenvalue weighted by Gasteiger charge is -2.21. The molecule has 0 saturated carbocycles. The molecule has 0 atom stereocenters. The minimum atomic E-state index is -3.56. The molecule has 0 bridgehead atoms. The van der Waals surface area contributed by atoms with Gasteiger partial charge in [0.15, 0.2) is 0 Å². The summed E-state index contributed by atoms with van der Waals surface area (Å²) in [5.74, 6) is -0.374. The van der Waals surface area contributed by atoms with E-state index in [2.05, 4.69) is 10.6 Å². The number of amides is 2. The van der Waals surface area contributed by atoms with Crippen LogP contribution in [0, 0.1) is 5.92 Å². The third kappa shape index (κ3) is 7.14. The summed E-state index contributed by atoms with van der Waals surface area (Å²) in [7, 11) is -3.56. The Morgan fingerprint density at radius 1 is 0.788 bits per heavy atom. The van der Waals surface area contributed by atoms with Gasteiger partial charge in [-0.3, -0.25) is 9.59 Å². The van der Waals surface area contributed by atoms with E-state index >= 15 is 0 Å². The fourth-order valence-corrected chi connectivity index (χ4v) is 5.15. The average Bonchev–Trinajstić information content (AvgIpc) is 2.80. The van der Waals surface area contributed by atoms with E-state index in [1.165, 1.54) is 16.4 Å². The van der Waals surface area contributed by atoms with Crippen LogP contribution in [0.4, 0.5) is 11.4 Å². The quantitative estimate of drug-likeness (QED) is 0.447. The molecule has 8 heteroatoms. The van der Waals surface area contributed by atoms with Gasteiger partial charge in [0.2, 0.25) is 15.9 Å². The number of benzene rings is 2. The van der Waals surface area contributed by atoms with Crippen LogP contribution in [0.15, 0.2) is 53.4 Å². The first-order chi connectivity index (χ1) is 15.8. The summed E-state index contributed by atoms with van der Waals surface area (Å²) >= 11 is 0. The van der Waals surface area contributed by atoms with Crippen molar-refractivity contribution in [2.24, 2.45) is 5.92 Å². The molecule has 180 valence electrons. The molecule has 0 aliphatic heterocycles. The van der Waals surface area contributed by atoms with Crippen molar-refractivity contribution in [3.05, 3.63) is 54.1 Å². The predicted octanol–water partition coefficient (Wildman–Crippen LogP) is 5.12. The number of nitrogens with zero attached hydrogens (tertiary/aromatic N) is 1. The van der Waals surface area contributed by atoms with Crippen molar-refractivity contribution in [3.63, 3.8) is 0 Å². The molecular formula is C25H35N3O4S. The van der Waals surface area contributed by atoms with E-state index in [1.54, 1.807) is 36.4 Å². The van der Waals surface area contributed by atoms with Crippen molar-refractivity contribution >= 4 is 33.2 Å². The normalized spacial score (nSPS) is 11.6. The maximum Gasteiger partial charge on any atom is 0.255 e. The maximum absolute atomic E-state index is 12.9. The van der Waals surface area contributed by atoms with E-state index in [0.717, 1.165) is 25.7 Å². The van der Waals surface area contributed by atoms with Crippen LogP contribution in [0.2, 0.25) is 0 Å². The molecule has 2 rings (SSSR count). The van der Waals surface area contributed by atoms with Gasteiger partial charge in [-0.25, -0.2) is 8.42 Å². The van der Waals surface area contributed by atoms with Crippen molar-refractivity contribution in [1.82, 2.24) is 4.31 Å². The second-order valence-corrected chi connectivity index (χ2v) is 9.90. The van der Waals surface area contributed by atoms with Crippen molar-refractivity contribution in [1.29, 1.82) is 0 Å². The SMILES string of the molecule is CCCN(CCC)S(=O)(=O)c1ccc(NC(=O)c2ccc(NC(=O)C(CC)CC)cc2)cc1. The third-order valence-electron chi connectivity index (χ3n) is 5.47. The summed E-state index contributed by atoms with van der Waals surface area (Å²) < 4.78 is 27.2. The Labute approximate surface area is 197 Å². The Morgan fingerprint density at radius 2 is 1.27 bits per heavy atom.